The van der Waals surface area contributed by atoms with E-state index in [9.17, 15) is 0 Å². The lowest BCUT2D eigenvalue weighted by atomic mass is 10.0. The molecule has 0 unspecified atom stereocenters. The van der Waals surface area contributed by atoms with E-state index in [1.54, 1.807) is 10.9 Å². The highest BCUT2D eigenvalue weighted by Gasteiger charge is 2.12. The van der Waals surface area contributed by atoms with Crippen molar-refractivity contribution in [3.8, 4) is 0 Å². The fourth-order valence-electron chi connectivity index (χ4n) is 3.90. The van der Waals surface area contributed by atoms with E-state index in [4.69, 9.17) is 9.98 Å². The lowest BCUT2D eigenvalue weighted by Crippen LogP contribution is -2.00. The second-order valence-electron chi connectivity index (χ2n) is 8.00. The Hall–Kier alpha value is -3.86. The Balaban J connectivity index is 1.13. The standard InChI is InChI=1S/C27H25N5/c1-2-4-21(5-3-1)8-12-24-14-15-25(29-24)13-9-22-6-10-23(11-7-22)27-17-16-26(30-27)20-32-19-18-28-31-32/h1-8,10-12,15-16,18-19H,9,13-14,17,20H2/b12-8+. The number of benzene rings is 2. The lowest BCUT2D eigenvalue weighted by molar-refractivity contribution is 0.639. The number of aliphatic imine (C=N–C) groups is 2. The highest BCUT2D eigenvalue weighted by atomic mass is 15.4. The zero-order valence-electron chi connectivity index (χ0n) is 17.9. The van der Waals surface area contributed by atoms with Crippen LogP contribution in [0.4, 0.5) is 0 Å². The second kappa shape index (κ2) is 9.52. The van der Waals surface area contributed by atoms with Crippen molar-refractivity contribution >= 4 is 17.5 Å². The van der Waals surface area contributed by atoms with Crippen LogP contribution in [0, 0.1) is 0 Å². The normalized spacial score (nSPS) is 15.6. The van der Waals surface area contributed by atoms with Crippen LogP contribution in [0.25, 0.3) is 6.08 Å². The molecule has 0 fully saturated rings. The first kappa shape index (κ1) is 20.1. The van der Waals surface area contributed by atoms with Gasteiger partial charge in [0.05, 0.1) is 24.2 Å². The Morgan fingerprint density at radius 3 is 2.47 bits per heavy atom. The van der Waals surface area contributed by atoms with Crippen LogP contribution in [0.3, 0.4) is 0 Å². The summed E-state index contributed by atoms with van der Waals surface area (Å²) in [7, 11) is 0. The maximum absolute atomic E-state index is 4.79. The van der Waals surface area contributed by atoms with Gasteiger partial charge in [0.2, 0.25) is 0 Å². The molecular weight excluding hydrogens is 394 g/mol. The average Bonchev–Trinajstić information content (AvgIpc) is 3.61. The first-order valence-corrected chi connectivity index (χ1v) is 11.0. The monoisotopic (exact) mass is 419 g/mol. The number of rotatable bonds is 8. The van der Waals surface area contributed by atoms with E-state index in [1.807, 2.05) is 12.3 Å². The van der Waals surface area contributed by atoms with Crippen LogP contribution in [-0.4, -0.2) is 26.4 Å². The molecule has 3 heterocycles. The molecule has 32 heavy (non-hydrogen) atoms. The predicted molar refractivity (Wildman–Crippen MR) is 130 cm³/mol. The Bertz CT molecular complexity index is 1210. The quantitative estimate of drug-likeness (QED) is 0.489. The molecule has 2 aliphatic heterocycles. The van der Waals surface area contributed by atoms with Gasteiger partial charge in [0, 0.05) is 30.4 Å². The molecule has 0 radical (unpaired) electrons. The van der Waals surface area contributed by atoms with E-state index in [1.165, 1.54) is 22.4 Å². The number of allylic oxidation sites excluding steroid dienone is 5. The van der Waals surface area contributed by atoms with Crippen LogP contribution in [-0.2, 0) is 13.0 Å². The molecule has 1 aromatic heterocycles. The molecule has 158 valence electrons. The van der Waals surface area contributed by atoms with Crippen molar-refractivity contribution < 1.29 is 0 Å². The molecule has 0 saturated carbocycles. The van der Waals surface area contributed by atoms with Crippen LogP contribution in [0.5, 0.6) is 0 Å². The highest BCUT2D eigenvalue weighted by molar-refractivity contribution is 6.03. The summed E-state index contributed by atoms with van der Waals surface area (Å²) in [6.45, 7) is 0.666. The van der Waals surface area contributed by atoms with Crippen molar-refractivity contribution in [3.63, 3.8) is 0 Å². The topological polar surface area (TPSA) is 55.4 Å². The summed E-state index contributed by atoms with van der Waals surface area (Å²) in [5.74, 6) is 0. The third-order valence-corrected chi connectivity index (χ3v) is 5.66. The smallest absolute Gasteiger partial charge is 0.0846 e. The summed E-state index contributed by atoms with van der Waals surface area (Å²) in [5.41, 5.74) is 8.19. The first-order valence-electron chi connectivity index (χ1n) is 11.0. The van der Waals surface area contributed by atoms with Gasteiger partial charge in [-0.05, 0) is 35.6 Å². The van der Waals surface area contributed by atoms with Crippen LogP contribution in [0.1, 0.15) is 36.0 Å². The minimum absolute atomic E-state index is 0.666. The van der Waals surface area contributed by atoms with E-state index in [-0.39, 0.29) is 0 Å². The summed E-state index contributed by atoms with van der Waals surface area (Å²) in [6, 6.07) is 19.1. The summed E-state index contributed by atoms with van der Waals surface area (Å²) < 4.78 is 1.80. The summed E-state index contributed by atoms with van der Waals surface area (Å²) in [5, 5.41) is 7.85. The SMILES string of the molecule is C1=C(CCc2ccc(C3=NC(Cn4ccnn4)=CC3)cc2)N=C(/C=C/c2ccccc2)C1. The number of hydrogen-bond acceptors (Lipinski definition) is 4. The van der Waals surface area contributed by atoms with E-state index >= 15 is 0 Å². The van der Waals surface area contributed by atoms with Crippen molar-refractivity contribution in [3.05, 3.63) is 113 Å². The van der Waals surface area contributed by atoms with Gasteiger partial charge in [0.25, 0.3) is 0 Å². The minimum Gasteiger partial charge on any atom is -0.258 e. The molecule has 3 aromatic rings. The molecule has 0 amide bonds. The third kappa shape index (κ3) is 5.06. The molecule has 2 aromatic carbocycles. The maximum atomic E-state index is 4.79. The van der Waals surface area contributed by atoms with Crippen LogP contribution in [0.2, 0.25) is 0 Å². The molecule has 2 aliphatic rings. The summed E-state index contributed by atoms with van der Waals surface area (Å²) in [4.78, 5) is 9.57. The fraction of sp³-hybridized carbons (Fsp3) is 0.185. The van der Waals surface area contributed by atoms with Crippen molar-refractivity contribution in [2.24, 2.45) is 9.98 Å². The zero-order valence-corrected chi connectivity index (χ0v) is 17.9. The van der Waals surface area contributed by atoms with E-state index in [0.717, 1.165) is 42.8 Å². The Morgan fingerprint density at radius 2 is 1.66 bits per heavy atom. The Kier molecular flexibility index (Phi) is 5.97. The molecule has 0 N–H and O–H groups in total. The second-order valence-corrected chi connectivity index (χ2v) is 8.00. The fourth-order valence-corrected chi connectivity index (χ4v) is 3.90. The van der Waals surface area contributed by atoms with Gasteiger partial charge in [-0.15, -0.1) is 5.10 Å². The van der Waals surface area contributed by atoms with Crippen molar-refractivity contribution in [2.75, 3.05) is 0 Å². The van der Waals surface area contributed by atoms with Crippen molar-refractivity contribution in [1.82, 2.24) is 15.0 Å². The van der Waals surface area contributed by atoms with Gasteiger partial charge >= 0.3 is 0 Å². The average molecular weight is 420 g/mol. The van der Waals surface area contributed by atoms with Crippen LogP contribution in [0.15, 0.2) is 107 Å². The molecule has 0 spiro atoms. The van der Waals surface area contributed by atoms with Crippen LogP contribution >= 0.6 is 0 Å². The molecule has 5 nitrogen and oxygen atoms in total. The zero-order chi connectivity index (χ0) is 21.6. The molecule has 0 bridgehead atoms. The largest absolute Gasteiger partial charge is 0.258 e. The molecule has 0 saturated heterocycles. The highest BCUT2D eigenvalue weighted by Crippen LogP contribution is 2.21. The Labute approximate surface area is 188 Å². The van der Waals surface area contributed by atoms with E-state index in [0.29, 0.717) is 6.54 Å². The maximum Gasteiger partial charge on any atom is 0.0846 e. The minimum atomic E-state index is 0.666. The number of nitrogens with zero attached hydrogens (tertiary/aromatic N) is 5. The molecular formula is C27H25N5. The van der Waals surface area contributed by atoms with Gasteiger partial charge in [0.15, 0.2) is 0 Å². The van der Waals surface area contributed by atoms with Gasteiger partial charge < -0.3 is 0 Å². The molecule has 0 atom stereocenters. The first-order chi connectivity index (χ1) is 15.8. The van der Waals surface area contributed by atoms with E-state index < -0.39 is 0 Å². The summed E-state index contributed by atoms with van der Waals surface area (Å²) >= 11 is 0. The lowest BCUT2D eigenvalue weighted by Gasteiger charge is -2.04. The predicted octanol–water partition coefficient (Wildman–Crippen LogP) is 5.43. The molecule has 5 rings (SSSR count). The number of aromatic nitrogens is 3. The molecule has 0 aliphatic carbocycles. The number of hydrogen-bond donors (Lipinski definition) is 0. The summed E-state index contributed by atoms with van der Waals surface area (Å²) in [6.07, 6.45) is 16.0. The Morgan fingerprint density at radius 1 is 0.812 bits per heavy atom. The van der Waals surface area contributed by atoms with Gasteiger partial charge in [-0.2, -0.15) is 0 Å². The third-order valence-electron chi connectivity index (χ3n) is 5.66. The van der Waals surface area contributed by atoms with Crippen molar-refractivity contribution in [2.45, 2.75) is 32.2 Å². The van der Waals surface area contributed by atoms with E-state index in [2.05, 4.69) is 83.1 Å². The van der Waals surface area contributed by atoms with Gasteiger partial charge in [-0.25, -0.2) is 4.68 Å². The van der Waals surface area contributed by atoms with Gasteiger partial charge in [-0.3, -0.25) is 9.98 Å². The number of aryl methyl sites for hydroxylation is 1. The van der Waals surface area contributed by atoms with Crippen molar-refractivity contribution in [1.29, 1.82) is 0 Å². The van der Waals surface area contributed by atoms with Gasteiger partial charge in [-0.1, -0.05) is 78.0 Å². The molecule has 5 heteroatoms. The van der Waals surface area contributed by atoms with Crippen LogP contribution < -0.4 is 0 Å². The van der Waals surface area contributed by atoms with Gasteiger partial charge in [0.1, 0.15) is 0 Å².